The van der Waals surface area contributed by atoms with Crippen molar-refractivity contribution in [3.8, 4) is 5.75 Å². The molecule has 0 spiro atoms. The molecule has 0 N–H and O–H groups in total. The molecule has 0 saturated heterocycles. The van der Waals surface area contributed by atoms with E-state index in [-0.39, 0.29) is 5.63 Å². The Labute approximate surface area is 118 Å². The van der Waals surface area contributed by atoms with Gasteiger partial charge >= 0.3 is 5.63 Å². The van der Waals surface area contributed by atoms with Gasteiger partial charge in [0.25, 0.3) is 0 Å². The molecule has 0 fully saturated rings. The van der Waals surface area contributed by atoms with Crippen molar-refractivity contribution in [2.24, 2.45) is 0 Å². The van der Waals surface area contributed by atoms with E-state index in [1.165, 1.54) is 6.07 Å². The summed E-state index contributed by atoms with van der Waals surface area (Å²) in [5.41, 5.74) is 2.32. The zero-order valence-corrected chi connectivity index (χ0v) is 11.9. The maximum Gasteiger partial charge on any atom is 0.336 e. The van der Waals surface area contributed by atoms with Crippen molar-refractivity contribution in [1.82, 2.24) is 4.90 Å². The smallest absolute Gasteiger partial charge is 0.336 e. The quantitative estimate of drug-likeness (QED) is 0.806. The summed E-state index contributed by atoms with van der Waals surface area (Å²) in [7, 11) is 0. The fraction of sp³-hybridized carbons (Fsp3) is 0.438. The van der Waals surface area contributed by atoms with Crippen molar-refractivity contribution >= 4 is 11.0 Å². The minimum Gasteiger partial charge on any atom is -0.478 e. The van der Waals surface area contributed by atoms with Crippen LogP contribution in [0, 0.1) is 6.92 Å². The van der Waals surface area contributed by atoms with Gasteiger partial charge in [-0.2, -0.15) is 0 Å². The summed E-state index contributed by atoms with van der Waals surface area (Å²) in [5.74, 6) is 0.832. The lowest BCUT2D eigenvalue weighted by molar-refractivity contribution is 0.0943. The molecule has 4 nitrogen and oxygen atoms in total. The van der Waals surface area contributed by atoms with Crippen LogP contribution < -0.4 is 10.4 Å². The molecule has 0 unspecified atom stereocenters. The second-order valence-corrected chi connectivity index (χ2v) is 5.35. The molecule has 4 heteroatoms. The Morgan fingerprint density at radius 3 is 3.00 bits per heavy atom. The summed E-state index contributed by atoms with van der Waals surface area (Å²) in [5, 5.41) is 0.990. The van der Waals surface area contributed by atoms with E-state index in [0.717, 1.165) is 48.2 Å². The van der Waals surface area contributed by atoms with Crippen LogP contribution in [-0.2, 0) is 6.54 Å². The second-order valence-electron chi connectivity index (χ2n) is 5.35. The zero-order valence-electron chi connectivity index (χ0n) is 11.9. The van der Waals surface area contributed by atoms with Crippen LogP contribution in [0.2, 0.25) is 0 Å². The van der Waals surface area contributed by atoms with E-state index in [2.05, 4.69) is 11.8 Å². The molecule has 0 atom stereocenters. The number of nitrogens with zero attached hydrogens (tertiary/aromatic N) is 1. The molecule has 20 heavy (non-hydrogen) atoms. The number of unbranched alkanes of at least 4 members (excludes halogenated alkanes) is 1. The maximum absolute atomic E-state index is 11.6. The second kappa shape index (κ2) is 5.29. The fourth-order valence-corrected chi connectivity index (χ4v) is 2.66. The Hall–Kier alpha value is -1.81. The molecule has 1 aliphatic rings. The highest BCUT2D eigenvalue weighted by molar-refractivity contribution is 5.85. The molecule has 0 radical (unpaired) electrons. The molecule has 1 aromatic heterocycles. The predicted octanol–water partition coefficient (Wildman–Crippen LogP) is 3.05. The lowest BCUT2D eigenvalue weighted by atomic mass is 10.0. The van der Waals surface area contributed by atoms with Crippen LogP contribution in [0.25, 0.3) is 11.0 Å². The Morgan fingerprint density at radius 2 is 2.20 bits per heavy atom. The topological polar surface area (TPSA) is 42.7 Å². The first-order chi connectivity index (χ1) is 9.69. The highest BCUT2D eigenvalue weighted by atomic mass is 16.5. The lowest BCUT2D eigenvalue weighted by Gasteiger charge is -2.29. The highest BCUT2D eigenvalue weighted by Gasteiger charge is 2.21. The third-order valence-corrected chi connectivity index (χ3v) is 3.79. The van der Waals surface area contributed by atoms with Crippen molar-refractivity contribution in [2.45, 2.75) is 33.2 Å². The van der Waals surface area contributed by atoms with Gasteiger partial charge in [0.05, 0.1) is 5.56 Å². The fourth-order valence-electron chi connectivity index (χ4n) is 2.66. The van der Waals surface area contributed by atoms with Gasteiger partial charge in [-0.05, 0) is 31.0 Å². The van der Waals surface area contributed by atoms with Crippen LogP contribution in [-0.4, -0.2) is 18.2 Å². The van der Waals surface area contributed by atoms with E-state index in [1.807, 2.05) is 19.1 Å². The number of benzene rings is 1. The van der Waals surface area contributed by atoms with Gasteiger partial charge in [-0.15, -0.1) is 0 Å². The molecule has 0 bridgehead atoms. The van der Waals surface area contributed by atoms with Crippen LogP contribution in [0.15, 0.2) is 27.4 Å². The molecule has 3 rings (SSSR count). The monoisotopic (exact) mass is 273 g/mol. The molecule has 1 aromatic carbocycles. The number of hydrogen-bond donors (Lipinski definition) is 0. The number of fused-ring (bicyclic) bond motifs is 3. The minimum atomic E-state index is -0.297. The van der Waals surface area contributed by atoms with Crippen molar-refractivity contribution in [3.05, 3.63) is 39.7 Å². The Morgan fingerprint density at radius 1 is 1.35 bits per heavy atom. The summed E-state index contributed by atoms with van der Waals surface area (Å²) in [6.45, 7) is 6.50. The van der Waals surface area contributed by atoms with Gasteiger partial charge < -0.3 is 9.15 Å². The largest absolute Gasteiger partial charge is 0.478 e. The molecule has 2 aromatic rings. The van der Waals surface area contributed by atoms with Crippen LogP contribution in [0.5, 0.6) is 5.75 Å². The van der Waals surface area contributed by atoms with Crippen molar-refractivity contribution in [3.63, 3.8) is 0 Å². The third-order valence-electron chi connectivity index (χ3n) is 3.79. The first-order valence-corrected chi connectivity index (χ1v) is 7.10. The molecule has 106 valence electrons. The van der Waals surface area contributed by atoms with E-state index < -0.39 is 0 Å². The first kappa shape index (κ1) is 13.2. The lowest BCUT2D eigenvalue weighted by Crippen LogP contribution is -2.32. The predicted molar refractivity (Wildman–Crippen MR) is 78.0 cm³/mol. The van der Waals surface area contributed by atoms with Crippen molar-refractivity contribution in [2.75, 3.05) is 13.3 Å². The van der Waals surface area contributed by atoms with Crippen LogP contribution in [0.1, 0.15) is 30.9 Å². The molecular weight excluding hydrogens is 254 g/mol. The van der Waals surface area contributed by atoms with E-state index in [0.29, 0.717) is 12.3 Å². The maximum atomic E-state index is 11.6. The highest BCUT2D eigenvalue weighted by Crippen LogP contribution is 2.32. The van der Waals surface area contributed by atoms with E-state index in [4.69, 9.17) is 9.15 Å². The number of aryl methyl sites for hydroxylation is 1. The van der Waals surface area contributed by atoms with Gasteiger partial charge in [0, 0.05) is 24.5 Å². The summed E-state index contributed by atoms with van der Waals surface area (Å²) in [6, 6.07) is 5.48. The average Bonchev–Trinajstić information content (AvgIpc) is 2.44. The van der Waals surface area contributed by atoms with Crippen molar-refractivity contribution < 1.29 is 9.15 Å². The van der Waals surface area contributed by atoms with Crippen LogP contribution >= 0.6 is 0 Å². The van der Waals surface area contributed by atoms with E-state index >= 15 is 0 Å². The molecule has 0 saturated carbocycles. The number of rotatable bonds is 3. The molecule has 0 aliphatic carbocycles. The minimum absolute atomic E-state index is 0.297. The SMILES string of the molecule is CCCCN1COc2ccc3c(C)cc(=O)oc3c2C1. The Bertz CT molecular complexity index is 690. The van der Waals surface area contributed by atoms with E-state index in [9.17, 15) is 4.79 Å². The van der Waals surface area contributed by atoms with Gasteiger partial charge in [-0.3, -0.25) is 4.90 Å². The van der Waals surface area contributed by atoms with Crippen LogP contribution in [0.4, 0.5) is 0 Å². The standard InChI is InChI=1S/C16H19NO3/c1-3-4-7-17-9-13-14(19-10-17)6-5-12-11(2)8-15(18)20-16(12)13/h5-6,8H,3-4,7,9-10H2,1-2H3. The Kier molecular flexibility index (Phi) is 3.49. The summed E-state index contributed by atoms with van der Waals surface area (Å²) >= 11 is 0. The molecular formula is C16H19NO3. The third kappa shape index (κ3) is 2.31. The molecule has 2 heterocycles. The molecule has 0 amide bonds. The summed E-state index contributed by atoms with van der Waals surface area (Å²) < 4.78 is 11.2. The molecule has 1 aliphatic heterocycles. The van der Waals surface area contributed by atoms with Crippen LogP contribution in [0.3, 0.4) is 0 Å². The first-order valence-electron chi connectivity index (χ1n) is 7.10. The Balaban J connectivity index is 2.06. The van der Waals surface area contributed by atoms with Gasteiger partial charge in [0.15, 0.2) is 0 Å². The number of hydrogen-bond acceptors (Lipinski definition) is 4. The normalized spacial score (nSPS) is 15.1. The average molecular weight is 273 g/mol. The number of ether oxygens (including phenoxy) is 1. The van der Waals surface area contributed by atoms with Gasteiger partial charge in [0.2, 0.25) is 0 Å². The summed E-state index contributed by atoms with van der Waals surface area (Å²) in [4.78, 5) is 13.9. The van der Waals surface area contributed by atoms with Gasteiger partial charge in [0.1, 0.15) is 18.1 Å². The van der Waals surface area contributed by atoms with Gasteiger partial charge in [-0.1, -0.05) is 13.3 Å². The summed E-state index contributed by atoms with van der Waals surface area (Å²) in [6.07, 6.45) is 2.31. The van der Waals surface area contributed by atoms with Gasteiger partial charge in [-0.25, -0.2) is 4.79 Å². The zero-order chi connectivity index (χ0) is 14.1. The van der Waals surface area contributed by atoms with E-state index in [1.54, 1.807) is 0 Å². The van der Waals surface area contributed by atoms with Crippen molar-refractivity contribution in [1.29, 1.82) is 0 Å².